The molecule has 0 aromatic heterocycles. The van der Waals surface area contributed by atoms with Crippen LogP contribution in [0.2, 0.25) is 0 Å². The van der Waals surface area contributed by atoms with Crippen LogP contribution in [0.25, 0.3) is 0 Å². The number of rotatable bonds is 11. The third-order valence-electron chi connectivity index (χ3n) is 4.68. The number of imide groups is 1. The van der Waals surface area contributed by atoms with Crippen molar-refractivity contribution >= 4 is 23.5 Å². The van der Waals surface area contributed by atoms with Crippen molar-refractivity contribution in [2.24, 2.45) is 0 Å². The molecule has 2 aromatic rings. The Balaban J connectivity index is 2.10. The fourth-order valence-corrected chi connectivity index (χ4v) is 3.21. The number of carbonyl (C=O) groups excluding carboxylic acids is 3. The van der Waals surface area contributed by atoms with E-state index in [2.05, 4.69) is 0 Å². The van der Waals surface area contributed by atoms with Crippen LogP contribution >= 0.6 is 0 Å². The van der Waals surface area contributed by atoms with E-state index < -0.39 is 17.8 Å². The third kappa shape index (κ3) is 4.74. The second-order valence-electron chi connectivity index (χ2n) is 6.71. The van der Waals surface area contributed by atoms with Gasteiger partial charge in [-0.25, -0.2) is 9.69 Å². The molecule has 0 unspecified atom stereocenters. The number of hydrogen-bond donors (Lipinski definition) is 0. The average molecular weight is 443 g/mol. The highest BCUT2D eigenvalue weighted by molar-refractivity contribution is 6.35. The summed E-state index contributed by atoms with van der Waals surface area (Å²) in [4.78, 5) is 39.8. The van der Waals surface area contributed by atoms with Crippen LogP contribution < -0.4 is 14.4 Å². The van der Waals surface area contributed by atoms with Crippen molar-refractivity contribution in [1.82, 2.24) is 0 Å². The van der Waals surface area contributed by atoms with Gasteiger partial charge in [0.05, 0.1) is 42.2 Å². The molecule has 2 aromatic carbocycles. The Hall–Kier alpha value is -3.43. The van der Waals surface area contributed by atoms with Crippen molar-refractivity contribution in [3.63, 3.8) is 0 Å². The summed E-state index contributed by atoms with van der Waals surface area (Å²) in [5.41, 5.74) is 0.582. The van der Waals surface area contributed by atoms with E-state index in [0.717, 1.165) is 4.90 Å². The molecule has 1 heterocycles. The predicted molar refractivity (Wildman–Crippen MR) is 115 cm³/mol. The molecule has 0 N–H and O–H groups in total. The fourth-order valence-electron chi connectivity index (χ4n) is 3.21. The first-order valence-electron chi connectivity index (χ1n) is 10.1. The summed E-state index contributed by atoms with van der Waals surface area (Å²) in [6.07, 6.45) is 0. The highest BCUT2D eigenvalue weighted by Gasteiger charge is 2.39. The van der Waals surface area contributed by atoms with E-state index in [1.807, 2.05) is 0 Å². The van der Waals surface area contributed by atoms with Crippen LogP contribution in [0.15, 0.2) is 36.4 Å². The van der Waals surface area contributed by atoms with Gasteiger partial charge in [0, 0.05) is 26.4 Å². The van der Waals surface area contributed by atoms with Crippen LogP contribution in [0.5, 0.6) is 11.5 Å². The maximum atomic E-state index is 13.1. The van der Waals surface area contributed by atoms with Crippen molar-refractivity contribution < 1.29 is 38.1 Å². The van der Waals surface area contributed by atoms with Crippen LogP contribution in [0.3, 0.4) is 0 Å². The average Bonchev–Trinajstić information content (AvgIpc) is 3.05. The molecule has 0 bridgehead atoms. The van der Waals surface area contributed by atoms with E-state index in [4.69, 9.17) is 23.7 Å². The molecular weight excluding hydrogens is 418 g/mol. The van der Waals surface area contributed by atoms with Crippen molar-refractivity contribution in [1.29, 1.82) is 0 Å². The molecule has 32 heavy (non-hydrogen) atoms. The largest absolute Gasteiger partial charge is 0.487 e. The van der Waals surface area contributed by atoms with Gasteiger partial charge >= 0.3 is 5.97 Å². The Morgan fingerprint density at radius 1 is 0.844 bits per heavy atom. The van der Waals surface area contributed by atoms with E-state index in [1.165, 1.54) is 26.4 Å². The Morgan fingerprint density at radius 3 is 1.88 bits per heavy atom. The van der Waals surface area contributed by atoms with E-state index >= 15 is 0 Å². The second-order valence-corrected chi connectivity index (χ2v) is 6.71. The van der Waals surface area contributed by atoms with Crippen molar-refractivity contribution in [3.8, 4) is 11.5 Å². The van der Waals surface area contributed by atoms with Crippen molar-refractivity contribution in [3.05, 3.63) is 53.1 Å². The van der Waals surface area contributed by atoms with E-state index in [0.29, 0.717) is 13.2 Å². The first kappa shape index (κ1) is 23.2. The van der Waals surface area contributed by atoms with E-state index in [1.54, 1.807) is 31.2 Å². The SMILES string of the molecule is CCOC(=O)c1cc(OCCOC)c(OCCOC)cc1N1C(=O)c2ccccc2C1=O. The quantitative estimate of drug-likeness (QED) is 0.297. The van der Waals surface area contributed by atoms with Crippen LogP contribution in [0, 0.1) is 0 Å². The van der Waals surface area contributed by atoms with Gasteiger partial charge in [-0.3, -0.25) is 9.59 Å². The minimum absolute atomic E-state index is 0.00728. The van der Waals surface area contributed by atoms with Crippen molar-refractivity contribution in [2.45, 2.75) is 6.92 Å². The molecule has 0 saturated carbocycles. The number of nitrogens with zero attached hydrogens (tertiary/aromatic N) is 1. The number of fused-ring (bicyclic) bond motifs is 1. The molecule has 9 nitrogen and oxygen atoms in total. The minimum Gasteiger partial charge on any atom is -0.487 e. The number of benzene rings is 2. The van der Waals surface area contributed by atoms with Crippen molar-refractivity contribution in [2.75, 3.05) is 52.2 Å². The fraction of sp³-hybridized carbons (Fsp3) is 0.348. The standard InChI is InChI=1S/C23H25NO8/c1-4-30-23(27)17-13-19(31-11-9-28-2)20(32-12-10-29-3)14-18(17)24-21(25)15-7-5-6-8-16(15)22(24)26/h5-8,13-14H,4,9-12H2,1-3H3. The lowest BCUT2D eigenvalue weighted by molar-refractivity contribution is 0.0526. The van der Waals surface area contributed by atoms with Gasteiger partial charge in [0.15, 0.2) is 11.5 Å². The van der Waals surface area contributed by atoms with Crippen LogP contribution in [-0.2, 0) is 14.2 Å². The normalized spacial score (nSPS) is 12.7. The lowest BCUT2D eigenvalue weighted by Gasteiger charge is -2.21. The number of hydrogen-bond acceptors (Lipinski definition) is 8. The van der Waals surface area contributed by atoms with Crippen LogP contribution in [-0.4, -0.2) is 65.0 Å². The zero-order chi connectivity index (χ0) is 23.1. The number of esters is 1. The van der Waals surface area contributed by atoms with Gasteiger partial charge in [0.2, 0.25) is 0 Å². The second kappa shape index (κ2) is 10.7. The molecule has 0 fully saturated rings. The summed E-state index contributed by atoms with van der Waals surface area (Å²) in [5.74, 6) is -1.27. The van der Waals surface area contributed by atoms with Gasteiger partial charge < -0.3 is 23.7 Å². The predicted octanol–water partition coefficient (Wildman–Crippen LogP) is 2.71. The number of methoxy groups -OCH3 is 2. The first-order valence-corrected chi connectivity index (χ1v) is 10.1. The monoisotopic (exact) mass is 443 g/mol. The molecule has 1 aliphatic rings. The van der Waals surface area contributed by atoms with Crippen LogP contribution in [0.1, 0.15) is 38.0 Å². The Kier molecular flexibility index (Phi) is 7.80. The molecule has 0 spiro atoms. The summed E-state index contributed by atoms with van der Waals surface area (Å²) in [6, 6.07) is 9.33. The first-order chi connectivity index (χ1) is 15.5. The van der Waals surface area contributed by atoms with Gasteiger partial charge in [0.25, 0.3) is 11.8 Å². The van der Waals surface area contributed by atoms with Gasteiger partial charge in [-0.15, -0.1) is 0 Å². The van der Waals surface area contributed by atoms with Gasteiger partial charge in [-0.05, 0) is 19.1 Å². The number of ether oxygens (including phenoxy) is 5. The Bertz CT molecular complexity index is 968. The minimum atomic E-state index is -0.695. The zero-order valence-electron chi connectivity index (χ0n) is 18.2. The number of carbonyl (C=O) groups is 3. The summed E-state index contributed by atoms with van der Waals surface area (Å²) < 4.78 is 26.7. The highest BCUT2D eigenvalue weighted by Crippen LogP contribution is 2.39. The molecule has 0 saturated heterocycles. The van der Waals surface area contributed by atoms with E-state index in [9.17, 15) is 14.4 Å². The van der Waals surface area contributed by atoms with Gasteiger partial charge in [-0.1, -0.05) is 12.1 Å². The lowest BCUT2D eigenvalue weighted by Crippen LogP contribution is -2.31. The maximum absolute atomic E-state index is 13.1. The van der Waals surface area contributed by atoms with E-state index in [-0.39, 0.29) is 53.7 Å². The van der Waals surface area contributed by atoms with Crippen LogP contribution in [0.4, 0.5) is 5.69 Å². The van der Waals surface area contributed by atoms with Gasteiger partial charge in [-0.2, -0.15) is 0 Å². The molecule has 9 heteroatoms. The van der Waals surface area contributed by atoms with Gasteiger partial charge in [0.1, 0.15) is 13.2 Å². The third-order valence-corrected chi connectivity index (χ3v) is 4.68. The highest BCUT2D eigenvalue weighted by atomic mass is 16.6. The molecule has 1 aliphatic heterocycles. The molecule has 170 valence electrons. The Morgan fingerprint density at radius 2 is 1.38 bits per heavy atom. The Labute approximate surface area is 185 Å². The molecule has 0 radical (unpaired) electrons. The maximum Gasteiger partial charge on any atom is 0.340 e. The molecular formula is C23H25NO8. The summed E-state index contributed by atoms with van der Waals surface area (Å²) >= 11 is 0. The molecule has 3 rings (SSSR count). The number of anilines is 1. The molecule has 0 aliphatic carbocycles. The topological polar surface area (TPSA) is 101 Å². The zero-order valence-corrected chi connectivity index (χ0v) is 18.2. The number of amides is 2. The smallest absolute Gasteiger partial charge is 0.340 e. The molecule has 2 amide bonds. The summed E-state index contributed by atoms with van der Waals surface area (Å²) in [5, 5.41) is 0. The summed E-state index contributed by atoms with van der Waals surface area (Å²) in [6.45, 7) is 2.79. The lowest BCUT2D eigenvalue weighted by atomic mass is 10.1. The molecule has 0 atom stereocenters. The summed E-state index contributed by atoms with van der Waals surface area (Å²) in [7, 11) is 3.07.